The molecule has 19 heavy (non-hydrogen) atoms. The van der Waals surface area contributed by atoms with Crippen LogP contribution < -0.4 is 10.2 Å². The molecule has 0 aliphatic heterocycles. The first-order chi connectivity index (χ1) is 9.15. The van der Waals surface area contributed by atoms with Gasteiger partial charge in [-0.3, -0.25) is 0 Å². The number of nitriles is 1. The molecule has 1 N–H and O–H groups in total. The maximum atomic E-state index is 8.84. The fourth-order valence-electron chi connectivity index (χ4n) is 2.67. The highest BCUT2D eigenvalue weighted by Crippen LogP contribution is 2.28. The number of nitrogens with zero attached hydrogens (tertiary/aromatic N) is 3. The van der Waals surface area contributed by atoms with Crippen LogP contribution in [0.25, 0.3) is 0 Å². The zero-order valence-corrected chi connectivity index (χ0v) is 12.1. The van der Waals surface area contributed by atoms with Gasteiger partial charge in [-0.05, 0) is 38.8 Å². The number of halogens is 1. The van der Waals surface area contributed by atoms with E-state index >= 15 is 0 Å². The van der Waals surface area contributed by atoms with Gasteiger partial charge in [0.05, 0.1) is 16.9 Å². The summed E-state index contributed by atoms with van der Waals surface area (Å²) in [7, 11) is 4.10. The number of aromatic nitrogens is 1. The summed E-state index contributed by atoms with van der Waals surface area (Å²) < 4.78 is 0. The van der Waals surface area contributed by atoms with E-state index in [1.165, 1.54) is 25.7 Å². The third-order valence-corrected chi connectivity index (χ3v) is 4.28. The highest BCUT2D eigenvalue weighted by Gasteiger charge is 2.23. The maximum absolute atomic E-state index is 8.84. The molecule has 0 bridgehead atoms. The molecule has 0 radical (unpaired) electrons. The summed E-state index contributed by atoms with van der Waals surface area (Å²) in [6.45, 7) is 0. The molecule has 1 saturated carbocycles. The largest absolute Gasteiger partial charge is 0.370 e. The van der Waals surface area contributed by atoms with Crippen molar-refractivity contribution < 1.29 is 0 Å². The highest BCUT2D eigenvalue weighted by molar-refractivity contribution is 6.31. The van der Waals surface area contributed by atoms with Gasteiger partial charge in [0.15, 0.2) is 5.69 Å². The molecule has 0 atom stereocenters. The third-order valence-electron chi connectivity index (χ3n) is 3.99. The van der Waals surface area contributed by atoms with Gasteiger partial charge in [-0.25, -0.2) is 4.98 Å². The van der Waals surface area contributed by atoms with Crippen molar-refractivity contribution in [3.63, 3.8) is 0 Å². The average molecular weight is 279 g/mol. The Hall–Kier alpha value is -1.31. The summed E-state index contributed by atoms with van der Waals surface area (Å²) in [4.78, 5) is 6.32. The molecule has 0 unspecified atom stereocenters. The molecule has 102 valence electrons. The predicted molar refractivity (Wildman–Crippen MR) is 77.5 cm³/mol. The number of pyridine rings is 1. The van der Waals surface area contributed by atoms with Gasteiger partial charge in [0.2, 0.25) is 0 Å². The lowest BCUT2D eigenvalue weighted by atomic mass is 9.90. The SMILES string of the molecule is CNC1CCC(N(C)c2cnc(C#N)c(Cl)c2)CC1. The van der Waals surface area contributed by atoms with E-state index in [4.69, 9.17) is 16.9 Å². The van der Waals surface area contributed by atoms with Gasteiger partial charge in [0, 0.05) is 19.1 Å². The standard InChI is InChI=1S/C14H19ClN4/c1-17-10-3-5-11(6-4-10)19(2)12-7-13(15)14(8-16)18-9-12/h7,9-11,17H,3-6H2,1-2H3. The molecule has 5 heteroatoms. The Morgan fingerprint density at radius 1 is 1.42 bits per heavy atom. The van der Waals surface area contributed by atoms with Gasteiger partial charge in [0.25, 0.3) is 0 Å². The van der Waals surface area contributed by atoms with Crippen molar-refractivity contribution in [1.82, 2.24) is 10.3 Å². The van der Waals surface area contributed by atoms with Crippen LogP contribution in [0.3, 0.4) is 0 Å². The lowest BCUT2D eigenvalue weighted by Gasteiger charge is -2.35. The molecule has 1 heterocycles. The van der Waals surface area contributed by atoms with Crippen LogP contribution in [0.4, 0.5) is 5.69 Å². The molecule has 0 amide bonds. The van der Waals surface area contributed by atoms with E-state index < -0.39 is 0 Å². The Labute approximate surface area is 119 Å². The average Bonchev–Trinajstić information content (AvgIpc) is 2.46. The second-order valence-electron chi connectivity index (χ2n) is 5.04. The molecule has 0 saturated heterocycles. The van der Waals surface area contributed by atoms with Crippen molar-refractivity contribution in [2.75, 3.05) is 19.0 Å². The first kappa shape index (κ1) is 14.1. The van der Waals surface area contributed by atoms with E-state index in [1.807, 2.05) is 19.2 Å². The van der Waals surface area contributed by atoms with Crippen LogP contribution in [0.2, 0.25) is 5.02 Å². The van der Waals surface area contributed by atoms with E-state index in [2.05, 4.69) is 22.2 Å². The lowest BCUT2D eigenvalue weighted by Crippen LogP contribution is -2.39. The number of rotatable bonds is 3. The fourth-order valence-corrected chi connectivity index (χ4v) is 2.87. The summed E-state index contributed by atoms with van der Waals surface area (Å²) in [6, 6.07) is 4.98. The smallest absolute Gasteiger partial charge is 0.159 e. The minimum atomic E-state index is 0.290. The Morgan fingerprint density at radius 2 is 2.11 bits per heavy atom. The second kappa shape index (κ2) is 6.23. The minimum Gasteiger partial charge on any atom is -0.370 e. The van der Waals surface area contributed by atoms with Gasteiger partial charge in [-0.2, -0.15) is 5.26 Å². The van der Waals surface area contributed by atoms with Crippen molar-refractivity contribution in [3.8, 4) is 6.07 Å². The van der Waals surface area contributed by atoms with E-state index in [-0.39, 0.29) is 5.69 Å². The Morgan fingerprint density at radius 3 is 2.63 bits per heavy atom. The van der Waals surface area contributed by atoms with Crippen LogP contribution >= 0.6 is 11.6 Å². The monoisotopic (exact) mass is 278 g/mol. The van der Waals surface area contributed by atoms with E-state index in [0.29, 0.717) is 17.1 Å². The molecule has 1 fully saturated rings. The molecule has 1 aliphatic rings. The number of hydrogen-bond acceptors (Lipinski definition) is 4. The van der Waals surface area contributed by atoms with Gasteiger partial charge in [0.1, 0.15) is 6.07 Å². The van der Waals surface area contributed by atoms with Crippen molar-refractivity contribution in [1.29, 1.82) is 5.26 Å². The third kappa shape index (κ3) is 3.17. The first-order valence-electron chi connectivity index (χ1n) is 6.61. The molecule has 0 spiro atoms. The summed E-state index contributed by atoms with van der Waals surface area (Å²) in [5, 5.41) is 12.6. The van der Waals surface area contributed by atoms with Crippen molar-refractivity contribution in [3.05, 3.63) is 23.0 Å². The van der Waals surface area contributed by atoms with Crippen molar-refractivity contribution in [2.45, 2.75) is 37.8 Å². The van der Waals surface area contributed by atoms with Gasteiger partial charge >= 0.3 is 0 Å². The van der Waals surface area contributed by atoms with Gasteiger partial charge < -0.3 is 10.2 Å². The van der Waals surface area contributed by atoms with Gasteiger partial charge in [-0.1, -0.05) is 11.6 Å². The Bertz CT molecular complexity index is 475. The Balaban J connectivity index is 2.06. The molecule has 0 aromatic carbocycles. The predicted octanol–water partition coefficient (Wildman–Crippen LogP) is 2.57. The minimum absolute atomic E-state index is 0.290. The quantitative estimate of drug-likeness (QED) is 0.923. The molecule has 4 nitrogen and oxygen atoms in total. The normalized spacial score (nSPS) is 22.8. The van der Waals surface area contributed by atoms with Crippen LogP contribution in [0.5, 0.6) is 0 Å². The Kier molecular flexibility index (Phi) is 4.62. The van der Waals surface area contributed by atoms with E-state index in [9.17, 15) is 0 Å². The number of hydrogen-bond donors (Lipinski definition) is 1. The molecule has 2 rings (SSSR count). The summed E-state index contributed by atoms with van der Waals surface area (Å²) >= 11 is 6.04. The molecule has 1 aromatic rings. The molecule has 1 aliphatic carbocycles. The molecular weight excluding hydrogens is 260 g/mol. The van der Waals surface area contributed by atoms with Crippen LogP contribution in [-0.4, -0.2) is 31.2 Å². The van der Waals surface area contributed by atoms with Crippen LogP contribution in [0.1, 0.15) is 31.4 Å². The van der Waals surface area contributed by atoms with Crippen LogP contribution in [-0.2, 0) is 0 Å². The number of anilines is 1. The van der Waals surface area contributed by atoms with E-state index in [0.717, 1.165) is 5.69 Å². The topological polar surface area (TPSA) is 52.0 Å². The van der Waals surface area contributed by atoms with Crippen molar-refractivity contribution >= 4 is 17.3 Å². The summed E-state index contributed by atoms with van der Waals surface area (Å²) in [5.74, 6) is 0. The zero-order valence-electron chi connectivity index (χ0n) is 11.4. The fraction of sp³-hybridized carbons (Fsp3) is 0.571. The molecular formula is C14H19ClN4. The first-order valence-corrected chi connectivity index (χ1v) is 6.99. The maximum Gasteiger partial charge on any atom is 0.159 e. The van der Waals surface area contributed by atoms with Crippen molar-refractivity contribution in [2.24, 2.45) is 0 Å². The lowest BCUT2D eigenvalue weighted by molar-refractivity contribution is 0.351. The zero-order chi connectivity index (χ0) is 13.8. The second-order valence-corrected chi connectivity index (χ2v) is 5.45. The van der Waals surface area contributed by atoms with Crippen LogP contribution in [0.15, 0.2) is 12.3 Å². The van der Waals surface area contributed by atoms with Gasteiger partial charge in [-0.15, -0.1) is 0 Å². The number of nitrogens with one attached hydrogen (secondary N) is 1. The molecule has 1 aromatic heterocycles. The highest BCUT2D eigenvalue weighted by atomic mass is 35.5. The summed E-state index contributed by atoms with van der Waals surface area (Å²) in [6.07, 6.45) is 6.46. The van der Waals surface area contributed by atoms with E-state index in [1.54, 1.807) is 6.20 Å². The summed E-state index contributed by atoms with van der Waals surface area (Å²) in [5.41, 5.74) is 1.27. The van der Waals surface area contributed by atoms with Crippen LogP contribution in [0, 0.1) is 11.3 Å².